The van der Waals surface area contributed by atoms with E-state index in [1.807, 2.05) is 31.6 Å². The van der Waals surface area contributed by atoms with E-state index >= 15 is 0 Å². The summed E-state index contributed by atoms with van der Waals surface area (Å²) in [6.07, 6.45) is 1.47. The van der Waals surface area contributed by atoms with E-state index in [0.29, 0.717) is 6.42 Å². The molecule has 3 N–H and O–H groups in total. The standard InChI is InChI=1S/C12H23N3O/c1-5-10-6-11(15(4)14-10)7-12(16,8-13)9(2)3/h6,9,16H,5,7-8,13H2,1-4H3. The minimum atomic E-state index is -0.835. The molecule has 0 aliphatic heterocycles. The van der Waals surface area contributed by atoms with Gasteiger partial charge in [-0.3, -0.25) is 4.68 Å². The Morgan fingerprint density at radius 1 is 1.56 bits per heavy atom. The molecule has 0 bridgehead atoms. The van der Waals surface area contributed by atoms with Gasteiger partial charge in [0.15, 0.2) is 0 Å². The Kier molecular flexibility index (Phi) is 4.10. The molecular formula is C12H23N3O. The van der Waals surface area contributed by atoms with E-state index in [-0.39, 0.29) is 12.5 Å². The monoisotopic (exact) mass is 225 g/mol. The topological polar surface area (TPSA) is 64.1 Å². The van der Waals surface area contributed by atoms with Crippen LogP contribution in [-0.4, -0.2) is 27.0 Å². The van der Waals surface area contributed by atoms with Crippen molar-refractivity contribution in [2.75, 3.05) is 6.54 Å². The van der Waals surface area contributed by atoms with Gasteiger partial charge in [0.05, 0.1) is 11.3 Å². The lowest BCUT2D eigenvalue weighted by Crippen LogP contribution is -2.45. The summed E-state index contributed by atoms with van der Waals surface area (Å²) in [6, 6.07) is 2.04. The summed E-state index contributed by atoms with van der Waals surface area (Å²) in [5.41, 5.74) is 6.93. The van der Waals surface area contributed by atoms with Crippen molar-refractivity contribution < 1.29 is 5.11 Å². The van der Waals surface area contributed by atoms with Gasteiger partial charge in [-0.25, -0.2) is 0 Å². The SMILES string of the molecule is CCc1cc(CC(O)(CN)C(C)C)n(C)n1. The molecule has 0 amide bonds. The maximum Gasteiger partial charge on any atom is 0.0847 e. The van der Waals surface area contributed by atoms with Crippen LogP contribution in [0.25, 0.3) is 0 Å². The van der Waals surface area contributed by atoms with Crippen LogP contribution in [-0.2, 0) is 19.9 Å². The number of hydrogen-bond donors (Lipinski definition) is 2. The zero-order valence-electron chi connectivity index (χ0n) is 10.7. The average molecular weight is 225 g/mol. The van der Waals surface area contributed by atoms with Gasteiger partial charge in [-0.15, -0.1) is 0 Å². The zero-order valence-corrected chi connectivity index (χ0v) is 10.7. The minimum Gasteiger partial charge on any atom is -0.388 e. The molecule has 1 heterocycles. The highest BCUT2D eigenvalue weighted by molar-refractivity contribution is 5.13. The molecule has 1 atom stereocenters. The van der Waals surface area contributed by atoms with Crippen molar-refractivity contribution in [1.29, 1.82) is 0 Å². The number of nitrogens with two attached hydrogens (primary N) is 1. The highest BCUT2D eigenvalue weighted by Crippen LogP contribution is 2.21. The van der Waals surface area contributed by atoms with E-state index < -0.39 is 5.60 Å². The average Bonchev–Trinajstić information content (AvgIpc) is 2.59. The van der Waals surface area contributed by atoms with E-state index in [9.17, 15) is 5.11 Å². The van der Waals surface area contributed by atoms with Crippen molar-refractivity contribution in [2.45, 2.75) is 39.2 Å². The molecule has 1 aromatic rings. The molecule has 0 spiro atoms. The lowest BCUT2D eigenvalue weighted by molar-refractivity contribution is 0.00249. The lowest BCUT2D eigenvalue weighted by atomic mass is 9.86. The van der Waals surface area contributed by atoms with Gasteiger partial charge in [0.1, 0.15) is 0 Å². The molecule has 0 fully saturated rings. The molecule has 1 aromatic heterocycles. The summed E-state index contributed by atoms with van der Waals surface area (Å²) in [6.45, 7) is 6.33. The summed E-state index contributed by atoms with van der Waals surface area (Å²) in [5.74, 6) is 0.137. The number of aryl methyl sites for hydroxylation is 2. The predicted octanol–water partition coefficient (Wildman–Crippen LogP) is 0.871. The Balaban J connectivity index is 2.89. The molecule has 0 aliphatic carbocycles. The molecule has 1 unspecified atom stereocenters. The van der Waals surface area contributed by atoms with Crippen LogP contribution in [0.1, 0.15) is 32.2 Å². The number of rotatable bonds is 5. The Morgan fingerprint density at radius 3 is 2.56 bits per heavy atom. The fourth-order valence-electron chi connectivity index (χ4n) is 1.74. The van der Waals surface area contributed by atoms with Crippen LogP contribution in [0.4, 0.5) is 0 Å². The third kappa shape index (κ3) is 2.62. The van der Waals surface area contributed by atoms with Crippen LogP contribution in [0.3, 0.4) is 0 Å². The number of aliphatic hydroxyl groups is 1. The third-order valence-electron chi connectivity index (χ3n) is 3.30. The zero-order chi connectivity index (χ0) is 12.3. The van der Waals surface area contributed by atoms with Crippen LogP contribution in [0.2, 0.25) is 0 Å². The maximum atomic E-state index is 10.4. The van der Waals surface area contributed by atoms with Crippen molar-refractivity contribution in [3.8, 4) is 0 Å². The van der Waals surface area contributed by atoms with Crippen LogP contribution < -0.4 is 5.73 Å². The maximum absolute atomic E-state index is 10.4. The molecule has 0 saturated carbocycles. The molecule has 4 nitrogen and oxygen atoms in total. The normalized spacial score (nSPS) is 15.4. The minimum absolute atomic E-state index is 0.137. The quantitative estimate of drug-likeness (QED) is 0.781. The van der Waals surface area contributed by atoms with Gasteiger partial charge in [0.25, 0.3) is 0 Å². The van der Waals surface area contributed by atoms with Crippen molar-refractivity contribution in [3.63, 3.8) is 0 Å². The molecule has 4 heteroatoms. The molecule has 16 heavy (non-hydrogen) atoms. The Hall–Kier alpha value is -0.870. The smallest absolute Gasteiger partial charge is 0.0847 e. The van der Waals surface area contributed by atoms with E-state index in [4.69, 9.17) is 5.73 Å². The number of aromatic nitrogens is 2. The van der Waals surface area contributed by atoms with Crippen LogP contribution in [0, 0.1) is 5.92 Å². The Morgan fingerprint density at radius 2 is 2.19 bits per heavy atom. The molecule has 1 rings (SSSR count). The summed E-state index contributed by atoms with van der Waals surface area (Å²) < 4.78 is 1.84. The van der Waals surface area contributed by atoms with Gasteiger partial charge >= 0.3 is 0 Å². The Bertz CT molecular complexity index is 346. The number of nitrogens with zero attached hydrogens (tertiary/aromatic N) is 2. The summed E-state index contributed by atoms with van der Waals surface area (Å²) in [4.78, 5) is 0. The van der Waals surface area contributed by atoms with Gasteiger partial charge in [0.2, 0.25) is 0 Å². The third-order valence-corrected chi connectivity index (χ3v) is 3.30. The van der Waals surface area contributed by atoms with Gasteiger partial charge in [-0.1, -0.05) is 20.8 Å². The van der Waals surface area contributed by atoms with Gasteiger partial charge < -0.3 is 10.8 Å². The molecule has 92 valence electrons. The molecule has 0 aliphatic rings. The first-order chi connectivity index (χ1) is 7.42. The van der Waals surface area contributed by atoms with Crippen molar-refractivity contribution in [3.05, 3.63) is 17.5 Å². The first-order valence-electron chi connectivity index (χ1n) is 5.87. The lowest BCUT2D eigenvalue weighted by Gasteiger charge is -2.30. The molecule has 0 aromatic carbocycles. The summed E-state index contributed by atoms with van der Waals surface area (Å²) in [7, 11) is 1.91. The van der Waals surface area contributed by atoms with Gasteiger partial charge in [-0.05, 0) is 18.4 Å². The first-order valence-corrected chi connectivity index (χ1v) is 5.87. The van der Waals surface area contributed by atoms with Gasteiger partial charge in [-0.2, -0.15) is 5.10 Å². The van der Waals surface area contributed by atoms with Crippen molar-refractivity contribution >= 4 is 0 Å². The second kappa shape index (κ2) is 4.97. The fraction of sp³-hybridized carbons (Fsp3) is 0.750. The molecule has 0 saturated heterocycles. The summed E-state index contributed by atoms with van der Waals surface area (Å²) >= 11 is 0. The van der Waals surface area contributed by atoms with E-state index in [0.717, 1.165) is 17.8 Å². The summed E-state index contributed by atoms with van der Waals surface area (Å²) in [5, 5.41) is 14.8. The van der Waals surface area contributed by atoms with Crippen molar-refractivity contribution in [1.82, 2.24) is 9.78 Å². The largest absolute Gasteiger partial charge is 0.388 e. The molecular weight excluding hydrogens is 202 g/mol. The number of hydrogen-bond acceptors (Lipinski definition) is 3. The van der Waals surface area contributed by atoms with E-state index in [2.05, 4.69) is 12.0 Å². The predicted molar refractivity (Wildman–Crippen MR) is 65.1 cm³/mol. The van der Waals surface area contributed by atoms with Crippen LogP contribution in [0.15, 0.2) is 6.07 Å². The van der Waals surface area contributed by atoms with E-state index in [1.165, 1.54) is 0 Å². The first kappa shape index (κ1) is 13.2. The highest BCUT2D eigenvalue weighted by atomic mass is 16.3. The molecule has 0 radical (unpaired) electrons. The fourth-order valence-corrected chi connectivity index (χ4v) is 1.74. The van der Waals surface area contributed by atoms with Crippen LogP contribution in [0.5, 0.6) is 0 Å². The highest BCUT2D eigenvalue weighted by Gasteiger charge is 2.30. The van der Waals surface area contributed by atoms with Gasteiger partial charge in [0, 0.05) is 25.7 Å². The van der Waals surface area contributed by atoms with E-state index in [1.54, 1.807) is 0 Å². The van der Waals surface area contributed by atoms with Crippen molar-refractivity contribution in [2.24, 2.45) is 18.7 Å². The second-order valence-corrected chi connectivity index (χ2v) is 4.74. The Labute approximate surface area is 97.5 Å². The second-order valence-electron chi connectivity index (χ2n) is 4.74. The van der Waals surface area contributed by atoms with Crippen LogP contribution >= 0.6 is 0 Å².